The second kappa shape index (κ2) is 4.43. The van der Waals surface area contributed by atoms with Crippen molar-refractivity contribution < 1.29 is 12.8 Å². The van der Waals surface area contributed by atoms with Crippen LogP contribution in [0.4, 0.5) is 4.39 Å². The number of imidazole rings is 1. The van der Waals surface area contributed by atoms with Crippen molar-refractivity contribution in [2.45, 2.75) is 10.6 Å². The van der Waals surface area contributed by atoms with Gasteiger partial charge in [-0.1, -0.05) is 6.07 Å². The smallest absolute Gasteiger partial charge is 0.193 e. The molecule has 0 aliphatic heterocycles. The molecular weight excluding hydrogens is 287 g/mol. The van der Waals surface area contributed by atoms with Gasteiger partial charge in [0.1, 0.15) is 5.82 Å². The van der Waals surface area contributed by atoms with Gasteiger partial charge in [0, 0.05) is 17.8 Å². The first-order chi connectivity index (χ1) is 9.04. The monoisotopic (exact) mass is 296 g/mol. The first kappa shape index (κ1) is 12.3. The molecule has 0 N–H and O–H groups in total. The molecular formula is C12H9FN2O2S2. The molecule has 0 radical (unpaired) electrons. The predicted molar refractivity (Wildman–Crippen MR) is 70.4 cm³/mol. The van der Waals surface area contributed by atoms with Crippen LogP contribution in [-0.4, -0.2) is 17.8 Å². The average molecular weight is 296 g/mol. The van der Waals surface area contributed by atoms with Crippen molar-refractivity contribution in [3.8, 4) is 0 Å². The summed E-state index contributed by atoms with van der Waals surface area (Å²) in [6, 6.07) is 5.00. The van der Waals surface area contributed by atoms with E-state index in [1.54, 1.807) is 10.6 Å². The van der Waals surface area contributed by atoms with Crippen LogP contribution in [0.15, 0.2) is 46.9 Å². The van der Waals surface area contributed by atoms with Crippen molar-refractivity contribution in [1.82, 2.24) is 9.38 Å². The third kappa shape index (κ3) is 2.39. The van der Waals surface area contributed by atoms with Crippen LogP contribution in [0.1, 0.15) is 5.69 Å². The molecule has 0 aliphatic rings. The maximum absolute atomic E-state index is 13.1. The summed E-state index contributed by atoms with van der Waals surface area (Å²) >= 11 is 1.43. The molecule has 98 valence electrons. The van der Waals surface area contributed by atoms with E-state index >= 15 is 0 Å². The Labute approximate surface area is 113 Å². The maximum atomic E-state index is 13.1. The minimum Gasteiger partial charge on any atom is -0.297 e. The quantitative estimate of drug-likeness (QED) is 0.746. The Balaban J connectivity index is 1.95. The molecule has 0 saturated heterocycles. The molecule has 0 bridgehead atoms. The standard InChI is InChI=1S/C12H9FN2O2S2/c13-9-2-1-3-11(6-9)19(16,17)8-10-7-15-4-5-18-12(15)14-10/h1-7H,8H2. The lowest BCUT2D eigenvalue weighted by atomic mass is 10.4. The number of thiazole rings is 1. The minimum atomic E-state index is -3.57. The maximum Gasteiger partial charge on any atom is 0.193 e. The molecule has 1 aromatic carbocycles. The summed E-state index contributed by atoms with van der Waals surface area (Å²) in [6.45, 7) is 0. The van der Waals surface area contributed by atoms with Crippen molar-refractivity contribution in [3.05, 3.63) is 53.6 Å². The van der Waals surface area contributed by atoms with Crippen LogP contribution in [0.25, 0.3) is 4.96 Å². The summed E-state index contributed by atoms with van der Waals surface area (Å²) in [6.07, 6.45) is 3.48. The topological polar surface area (TPSA) is 51.4 Å². The zero-order valence-corrected chi connectivity index (χ0v) is 11.3. The number of hydrogen-bond acceptors (Lipinski definition) is 4. The number of sulfone groups is 1. The van der Waals surface area contributed by atoms with Gasteiger partial charge in [0.2, 0.25) is 0 Å². The molecule has 3 rings (SSSR count). The van der Waals surface area contributed by atoms with Crippen molar-refractivity contribution >= 4 is 26.1 Å². The average Bonchev–Trinajstić information content (AvgIpc) is 2.89. The molecule has 0 unspecified atom stereocenters. The summed E-state index contributed by atoms with van der Waals surface area (Å²) < 4.78 is 39.1. The summed E-state index contributed by atoms with van der Waals surface area (Å²) in [5, 5.41) is 1.87. The Morgan fingerprint density at radius 3 is 2.95 bits per heavy atom. The molecule has 0 fully saturated rings. The van der Waals surface area contributed by atoms with E-state index in [1.165, 1.54) is 29.5 Å². The van der Waals surface area contributed by atoms with Crippen molar-refractivity contribution in [2.24, 2.45) is 0 Å². The fraction of sp³-hybridized carbons (Fsp3) is 0.0833. The van der Waals surface area contributed by atoms with Crippen molar-refractivity contribution in [2.75, 3.05) is 0 Å². The van der Waals surface area contributed by atoms with E-state index in [4.69, 9.17) is 0 Å². The molecule has 0 aliphatic carbocycles. The Morgan fingerprint density at radius 2 is 2.21 bits per heavy atom. The van der Waals surface area contributed by atoms with E-state index in [1.807, 2.05) is 11.6 Å². The highest BCUT2D eigenvalue weighted by Crippen LogP contribution is 2.18. The molecule has 0 saturated carbocycles. The first-order valence-corrected chi connectivity index (χ1v) is 7.97. The van der Waals surface area contributed by atoms with Crippen LogP contribution in [-0.2, 0) is 15.6 Å². The molecule has 19 heavy (non-hydrogen) atoms. The number of hydrogen-bond donors (Lipinski definition) is 0. The van der Waals surface area contributed by atoms with Crippen LogP contribution >= 0.6 is 11.3 Å². The van der Waals surface area contributed by atoms with E-state index < -0.39 is 15.7 Å². The summed E-state index contributed by atoms with van der Waals surface area (Å²) in [4.78, 5) is 4.93. The minimum absolute atomic E-state index is 0.0242. The zero-order valence-electron chi connectivity index (χ0n) is 9.65. The van der Waals surface area contributed by atoms with Crippen LogP contribution in [0.5, 0.6) is 0 Å². The van der Waals surface area contributed by atoms with Crippen molar-refractivity contribution in [3.63, 3.8) is 0 Å². The second-order valence-corrected chi connectivity index (χ2v) is 6.90. The van der Waals surface area contributed by atoms with Gasteiger partial charge >= 0.3 is 0 Å². The highest BCUT2D eigenvalue weighted by molar-refractivity contribution is 7.90. The van der Waals surface area contributed by atoms with Gasteiger partial charge in [-0.25, -0.2) is 17.8 Å². The lowest BCUT2D eigenvalue weighted by Gasteiger charge is -2.02. The summed E-state index contributed by atoms with van der Waals surface area (Å²) in [5.41, 5.74) is 0.455. The van der Waals surface area contributed by atoms with Crippen LogP contribution < -0.4 is 0 Å². The molecule has 0 atom stereocenters. The molecule has 0 spiro atoms. The van der Waals surface area contributed by atoms with Gasteiger partial charge in [0.15, 0.2) is 14.8 Å². The molecule has 2 heterocycles. The Kier molecular flexibility index (Phi) is 2.87. The highest BCUT2D eigenvalue weighted by atomic mass is 32.2. The fourth-order valence-corrected chi connectivity index (χ4v) is 3.78. The fourth-order valence-electron chi connectivity index (χ4n) is 1.78. The van der Waals surface area contributed by atoms with Gasteiger partial charge in [0.25, 0.3) is 0 Å². The van der Waals surface area contributed by atoms with Gasteiger partial charge in [-0.3, -0.25) is 4.40 Å². The Hall–Kier alpha value is -1.73. The normalized spacial score (nSPS) is 12.1. The zero-order chi connectivity index (χ0) is 13.5. The molecule has 0 amide bonds. The lowest BCUT2D eigenvalue weighted by Crippen LogP contribution is -2.05. The van der Waals surface area contributed by atoms with Crippen molar-refractivity contribution in [1.29, 1.82) is 0 Å². The van der Waals surface area contributed by atoms with Gasteiger partial charge in [-0.2, -0.15) is 0 Å². The largest absolute Gasteiger partial charge is 0.297 e. The van der Waals surface area contributed by atoms with Gasteiger partial charge in [0.05, 0.1) is 16.3 Å². The number of aromatic nitrogens is 2. The van der Waals surface area contributed by atoms with E-state index in [9.17, 15) is 12.8 Å². The van der Waals surface area contributed by atoms with Crippen LogP contribution in [0, 0.1) is 5.82 Å². The van der Waals surface area contributed by atoms with Crippen LogP contribution in [0.2, 0.25) is 0 Å². The third-order valence-corrected chi connectivity index (χ3v) is 5.05. The van der Waals surface area contributed by atoms with E-state index in [0.29, 0.717) is 5.69 Å². The van der Waals surface area contributed by atoms with E-state index in [2.05, 4.69) is 4.98 Å². The molecule has 2 aromatic heterocycles. The molecule has 7 heteroatoms. The number of rotatable bonds is 3. The third-order valence-electron chi connectivity index (χ3n) is 2.64. The first-order valence-electron chi connectivity index (χ1n) is 5.44. The Morgan fingerprint density at radius 1 is 1.37 bits per heavy atom. The van der Waals surface area contributed by atoms with Gasteiger partial charge in [-0.15, -0.1) is 11.3 Å². The SMILES string of the molecule is O=S(=O)(Cc1cn2ccsc2n1)c1cccc(F)c1. The Bertz CT molecular complexity index is 808. The highest BCUT2D eigenvalue weighted by Gasteiger charge is 2.18. The molecule has 3 aromatic rings. The second-order valence-electron chi connectivity index (χ2n) is 4.04. The van der Waals surface area contributed by atoms with Gasteiger partial charge < -0.3 is 0 Å². The van der Waals surface area contributed by atoms with Gasteiger partial charge in [-0.05, 0) is 18.2 Å². The summed E-state index contributed by atoms with van der Waals surface area (Å²) in [5.74, 6) is -0.794. The van der Waals surface area contributed by atoms with E-state index in [0.717, 1.165) is 11.0 Å². The predicted octanol–water partition coefficient (Wildman–Crippen LogP) is 2.51. The summed E-state index contributed by atoms with van der Waals surface area (Å²) in [7, 11) is -3.57. The van der Waals surface area contributed by atoms with E-state index in [-0.39, 0.29) is 10.6 Å². The lowest BCUT2D eigenvalue weighted by molar-refractivity contribution is 0.589. The number of fused-ring (bicyclic) bond motifs is 1. The number of benzene rings is 1. The number of halogens is 1. The molecule has 4 nitrogen and oxygen atoms in total. The van der Waals surface area contributed by atoms with Crippen LogP contribution in [0.3, 0.4) is 0 Å². The number of nitrogens with zero attached hydrogens (tertiary/aromatic N) is 2.